The van der Waals surface area contributed by atoms with Crippen LogP contribution < -0.4 is 14.8 Å². The second-order valence-electron chi connectivity index (χ2n) is 5.01. The fourth-order valence-corrected chi connectivity index (χ4v) is 2.03. The molecule has 0 bridgehead atoms. The van der Waals surface area contributed by atoms with E-state index in [1.54, 1.807) is 38.3 Å². The topological polar surface area (TPSA) is 105 Å². The Morgan fingerprint density at radius 2 is 1.75 bits per heavy atom. The van der Waals surface area contributed by atoms with Crippen LogP contribution in [0, 0.1) is 6.92 Å². The lowest BCUT2D eigenvalue weighted by atomic mass is 10.1. The molecule has 0 fully saturated rings. The fourth-order valence-electron chi connectivity index (χ4n) is 2.03. The predicted octanol–water partition coefficient (Wildman–Crippen LogP) is 2.42. The van der Waals surface area contributed by atoms with Gasteiger partial charge in [-0.25, -0.2) is 4.79 Å². The maximum absolute atomic E-state index is 11.9. The SMILES string of the molecule is COc1ccc(OCC(=O)Nc2cc(C)c(O)c(C(=O)O)c2)cc1. The maximum atomic E-state index is 11.9. The molecule has 0 saturated heterocycles. The number of phenols is 1. The number of carbonyl (C=O) groups excluding carboxylic acids is 1. The molecule has 0 aliphatic rings. The van der Waals surface area contributed by atoms with Gasteiger partial charge in [-0.05, 0) is 48.9 Å². The van der Waals surface area contributed by atoms with E-state index in [0.717, 1.165) is 0 Å². The molecule has 7 nitrogen and oxygen atoms in total. The first kappa shape index (κ1) is 17.1. The zero-order valence-corrected chi connectivity index (χ0v) is 13.2. The standard InChI is InChI=1S/C17H17NO6/c1-10-7-11(8-14(16(10)20)17(21)22)18-15(19)9-24-13-5-3-12(23-2)4-6-13/h3-8,20H,9H2,1-2H3,(H,18,19)(H,21,22). The first-order chi connectivity index (χ1) is 11.4. The summed E-state index contributed by atoms with van der Waals surface area (Å²) in [5.41, 5.74) is 0.341. The lowest BCUT2D eigenvalue weighted by Gasteiger charge is -2.11. The third-order valence-corrected chi connectivity index (χ3v) is 3.24. The van der Waals surface area contributed by atoms with Crippen LogP contribution in [-0.4, -0.2) is 35.8 Å². The summed E-state index contributed by atoms with van der Waals surface area (Å²) >= 11 is 0. The lowest BCUT2D eigenvalue weighted by molar-refractivity contribution is -0.118. The number of rotatable bonds is 6. The average molecular weight is 331 g/mol. The van der Waals surface area contributed by atoms with Gasteiger partial charge in [0.25, 0.3) is 5.91 Å². The minimum atomic E-state index is -1.28. The quantitative estimate of drug-likeness (QED) is 0.702. The molecule has 0 spiro atoms. The minimum Gasteiger partial charge on any atom is -0.507 e. The van der Waals surface area contributed by atoms with Crippen LogP contribution in [0.4, 0.5) is 5.69 Å². The van der Waals surface area contributed by atoms with Gasteiger partial charge in [-0.15, -0.1) is 0 Å². The number of carboxylic acid groups (broad SMARTS) is 1. The number of aromatic carboxylic acids is 1. The van der Waals surface area contributed by atoms with Gasteiger partial charge in [0.2, 0.25) is 0 Å². The predicted molar refractivity (Wildman–Crippen MR) is 86.9 cm³/mol. The Morgan fingerprint density at radius 3 is 2.33 bits per heavy atom. The molecule has 0 aliphatic heterocycles. The highest BCUT2D eigenvalue weighted by Gasteiger charge is 2.14. The van der Waals surface area contributed by atoms with Gasteiger partial charge < -0.3 is 25.0 Å². The number of aryl methyl sites for hydroxylation is 1. The molecule has 2 rings (SSSR count). The smallest absolute Gasteiger partial charge is 0.339 e. The van der Waals surface area contributed by atoms with Gasteiger partial charge in [-0.3, -0.25) is 4.79 Å². The Kier molecular flexibility index (Phi) is 5.26. The summed E-state index contributed by atoms with van der Waals surface area (Å²) in [7, 11) is 1.55. The van der Waals surface area contributed by atoms with Crippen LogP contribution >= 0.6 is 0 Å². The van der Waals surface area contributed by atoms with Crippen molar-refractivity contribution in [3.05, 3.63) is 47.5 Å². The fraction of sp³-hybridized carbons (Fsp3) is 0.176. The lowest BCUT2D eigenvalue weighted by Crippen LogP contribution is -2.20. The molecule has 1 amide bonds. The Morgan fingerprint density at radius 1 is 1.12 bits per heavy atom. The molecule has 0 aromatic heterocycles. The van der Waals surface area contributed by atoms with Crippen molar-refractivity contribution >= 4 is 17.6 Å². The summed E-state index contributed by atoms with van der Waals surface area (Å²) in [4.78, 5) is 23.0. The summed E-state index contributed by atoms with van der Waals surface area (Å²) < 4.78 is 10.4. The third kappa shape index (κ3) is 4.16. The molecular weight excluding hydrogens is 314 g/mol. The van der Waals surface area contributed by atoms with Crippen molar-refractivity contribution in [3.63, 3.8) is 0 Å². The normalized spacial score (nSPS) is 10.1. The van der Waals surface area contributed by atoms with Crippen molar-refractivity contribution in [1.82, 2.24) is 0 Å². The monoisotopic (exact) mass is 331 g/mol. The van der Waals surface area contributed by atoms with Gasteiger partial charge >= 0.3 is 5.97 Å². The Hall–Kier alpha value is -3.22. The average Bonchev–Trinajstić information content (AvgIpc) is 2.56. The van der Waals surface area contributed by atoms with E-state index in [0.29, 0.717) is 17.1 Å². The number of hydrogen-bond donors (Lipinski definition) is 3. The summed E-state index contributed by atoms with van der Waals surface area (Å²) in [5.74, 6) is -0.880. The highest BCUT2D eigenvalue weighted by Crippen LogP contribution is 2.26. The molecule has 0 heterocycles. The van der Waals surface area contributed by atoms with Crippen molar-refractivity contribution in [1.29, 1.82) is 0 Å². The second-order valence-corrected chi connectivity index (χ2v) is 5.01. The van der Waals surface area contributed by atoms with Crippen molar-refractivity contribution in [3.8, 4) is 17.2 Å². The summed E-state index contributed by atoms with van der Waals surface area (Å²) in [6.45, 7) is 1.31. The van der Waals surface area contributed by atoms with Gasteiger partial charge in [0.15, 0.2) is 6.61 Å². The molecule has 126 valence electrons. The van der Waals surface area contributed by atoms with Crippen LogP contribution in [0.25, 0.3) is 0 Å². The molecule has 0 aliphatic carbocycles. The molecule has 24 heavy (non-hydrogen) atoms. The van der Waals surface area contributed by atoms with E-state index in [1.165, 1.54) is 12.1 Å². The van der Waals surface area contributed by atoms with Crippen molar-refractivity contribution in [2.24, 2.45) is 0 Å². The van der Waals surface area contributed by atoms with Gasteiger partial charge in [0.1, 0.15) is 22.8 Å². The second kappa shape index (κ2) is 7.36. The van der Waals surface area contributed by atoms with Crippen LogP contribution in [0.3, 0.4) is 0 Å². The van der Waals surface area contributed by atoms with E-state index in [1.807, 2.05) is 0 Å². The number of ether oxygens (including phenoxy) is 2. The summed E-state index contributed by atoms with van der Waals surface area (Å²) in [5, 5.41) is 21.3. The van der Waals surface area contributed by atoms with Gasteiger partial charge in [-0.2, -0.15) is 0 Å². The first-order valence-electron chi connectivity index (χ1n) is 7.04. The molecule has 2 aromatic carbocycles. The van der Waals surface area contributed by atoms with Gasteiger partial charge in [0, 0.05) is 5.69 Å². The maximum Gasteiger partial charge on any atom is 0.339 e. The number of benzene rings is 2. The number of methoxy groups -OCH3 is 1. The Bertz CT molecular complexity index is 754. The Labute approximate surface area is 138 Å². The highest BCUT2D eigenvalue weighted by molar-refractivity contribution is 5.96. The molecule has 0 unspecified atom stereocenters. The van der Waals surface area contributed by atoms with Crippen LogP contribution in [-0.2, 0) is 4.79 Å². The van der Waals surface area contributed by atoms with E-state index in [9.17, 15) is 14.7 Å². The van der Waals surface area contributed by atoms with E-state index in [2.05, 4.69) is 5.32 Å². The van der Waals surface area contributed by atoms with Crippen LogP contribution in [0.5, 0.6) is 17.2 Å². The first-order valence-corrected chi connectivity index (χ1v) is 7.04. The number of carbonyl (C=O) groups is 2. The molecule has 0 radical (unpaired) electrons. The van der Waals surface area contributed by atoms with E-state index < -0.39 is 11.9 Å². The van der Waals surface area contributed by atoms with Crippen LogP contribution in [0.2, 0.25) is 0 Å². The van der Waals surface area contributed by atoms with E-state index >= 15 is 0 Å². The molecular formula is C17H17NO6. The number of hydrogen-bond acceptors (Lipinski definition) is 5. The van der Waals surface area contributed by atoms with Crippen molar-refractivity contribution in [2.75, 3.05) is 19.0 Å². The molecule has 0 saturated carbocycles. The number of carboxylic acids is 1. The Balaban J connectivity index is 2.00. The number of nitrogens with one attached hydrogen (secondary N) is 1. The van der Waals surface area contributed by atoms with E-state index in [-0.39, 0.29) is 23.6 Å². The van der Waals surface area contributed by atoms with Crippen LogP contribution in [0.1, 0.15) is 15.9 Å². The van der Waals surface area contributed by atoms with Gasteiger partial charge in [0.05, 0.1) is 7.11 Å². The molecule has 3 N–H and O–H groups in total. The molecule has 7 heteroatoms. The third-order valence-electron chi connectivity index (χ3n) is 3.24. The molecule has 0 atom stereocenters. The largest absolute Gasteiger partial charge is 0.507 e. The van der Waals surface area contributed by atoms with Gasteiger partial charge in [-0.1, -0.05) is 0 Å². The zero-order chi connectivity index (χ0) is 17.7. The summed E-state index contributed by atoms with van der Waals surface area (Å²) in [6, 6.07) is 9.41. The van der Waals surface area contributed by atoms with Crippen molar-refractivity contribution < 1.29 is 29.3 Å². The van der Waals surface area contributed by atoms with Crippen molar-refractivity contribution in [2.45, 2.75) is 6.92 Å². The molecule has 2 aromatic rings. The number of aromatic hydroxyl groups is 1. The van der Waals surface area contributed by atoms with E-state index in [4.69, 9.17) is 14.6 Å². The van der Waals surface area contributed by atoms with Crippen LogP contribution in [0.15, 0.2) is 36.4 Å². The minimum absolute atomic E-state index is 0.241. The zero-order valence-electron chi connectivity index (χ0n) is 13.2. The number of amides is 1. The highest BCUT2D eigenvalue weighted by atomic mass is 16.5. The summed E-state index contributed by atoms with van der Waals surface area (Å²) in [6.07, 6.45) is 0. The number of anilines is 1.